The van der Waals surface area contributed by atoms with E-state index in [0.717, 1.165) is 11.3 Å². The number of amides is 2. The number of halogens is 3. The van der Waals surface area contributed by atoms with Crippen molar-refractivity contribution in [3.63, 3.8) is 0 Å². The van der Waals surface area contributed by atoms with E-state index < -0.39 is 18.6 Å². The van der Waals surface area contributed by atoms with Crippen molar-refractivity contribution in [1.29, 1.82) is 0 Å². The molecule has 2 aromatic carbocycles. The lowest BCUT2D eigenvalue weighted by molar-refractivity contribution is -0.123. The topological polar surface area (TPSA) is 52.7 Å². The van der Waals surface area contributed by atoms with Gasteiger partial charge in [-0.3, -0.25) is 14.5 Å². The summed E-state index contributed by atoms with van der Waals surface area (Å²) in [6, 6.07) is 15.3. The van der Waals surface area contributed by atoms with E-state index in [1.54, 1.807) is 17.0 Å². The predicted molar refractivity (Wildman–Crippen MR) is 110 cm³/mol. The van der Waals surface area contributed by atoms with E-state index in [-0.39, 0.29) is 17.5 Å². The molecule has 1 N–H and O–H groups in total. The van der Waals surface area contributed by atoms with Crippen molar-refractivity contribution in [2.45, 2.75) is 32.6 Å². The van der Waals surface area contributed by atoms with Crippen LogP contribution in [0.2, 0.25) is 0 Å². The van der Waals surface area contributed by atoms with Gasteiger partial charge in [0.2, 0.25) is 5.91 Å². The normalized spacial score (nSPS) is 12.5. The molecule has 0 radical (unpaired) electrons. The van der Waals surface area contributed by atoms with Crippen LogP contribution < -0.4 is 10.2 Å². The van der Waals surface area contributed by atoms with E-state index >= 15 is 0 Å². The molecule has 0 spiro atoms. The highest BCUT2D eigenvalue weighted by molar-refractivity contribution is 5.97. The number of benzene rings is 2. The standard InChI is InChI=1S/C22H26F3N3O2/c1-4-28(19-8-6-5-7-9-19)21(30)16(2)27(3)14-17-10-12-18(13-11-17)20(29)26-15-22(23,24)25/h5-13,16H,4,14-15H2,1-3H3,(H,26,29). The summed E-state index contributed by atoms with van der Waals surface area (Å²) >= 11 is 0. The lowest BCUT2D eigenvalue weighted by atomic mass is 10.1. The molecule has 2 amide bonds. The van der Waals surface area contributed by atoms with E-state index in [2.05, 4.69) is 0 Å². The van der Waals surface area contributed by atoms with Crippen LogP contribution in [-0.2, 0) is 11.3 Å². The lowest BCUT2D eigenvalue weighted by Gasteiger charge is -2.30. The van der Waals surface area contributed by atoms with Crippen LogP contribution in [0.15, 0.2) is 54.6 Å². The number of alkyl halides is 3. The first-order valence-electron chi connectivity index (χ1n) is 9.63. The SMILES string of the molecule is CCN(C(=O)C(C)N(C)Cc1ccc(C(=O)NCC(F)(F)F)cc1)c1ccccc1. The summed E-state index contributed by atoms with van der Waals surface area (Å²) in [4.78, 5) is 28.3. The zero-order valence-electron chi connectivity index (χ0n) is 17.2. The number of hydrogen-bond acceptors (Lipinski definition) is 3. The van der Waals surface area contributed by atoms with Crippen LogP contribution in [0.5, 0.6) is 0 Å². The molecule has 0 saturated heterocycles. The van der Waals surface area contributed by atoms with Crippen molar-refractivity contribution in [2.75, 3.05) is 25.0 Å². The van der Waals surface area contributed by atoms with Crippen LogP contribution in [0.3, 0.4) is 0 Å². The first-order chi connectivity index (χ1) is 14.1. The fourth-order valence-electron chi connectivity index (χ4n) is 2.96. The summed E-state index contributed by atoms with van der Waals surface area (Å²) in [6.45, 7) is 3.37. The second-order valence-corrected chi connectivity index (χ2v) is 7.00. The summed E-state index contributed by atoms with van der Waals surface area (Å²) in [5.41, 5.74) is 1.82. The Morgan fingerprint density at radius 1 is 1.03 bits per heavy atom. The maximum atomic E-state index is 12.9. The number of hydrogen-bond donors (Lipinski definition) is 1. The molecule has 0 aromatic heterocycles. The number of anilines is 1. The third-order valence-corrected chi connectivity index (χ3v) is 4.77. The van der Waals surface area contributed by atoms with Gasteiger partial charge in [-0.05, 0) is 50.7 Å². The number of nitrogens with zero attached hydrogens (tertiary/aromatic N) is 2. The second-order valence-electron chi connectivity index (χ2n) is 7.00. The van der Waals surface area contributed by atoms with Crippen molar-refractivity contribution >= 4 is 17.5 Å². The molecule has 0 saturated carbocycles. The highest BCUT2D eigenvalue weighted by Gasteiger charge is 2.28. The van der Waals surface area contributed by atoms with Crippen molar-refractivity contribution in [3.8, 4) is 0 Å². The van der Waals surface area contributed by atoms with Crippen LogP contribution in [0.25, 0.3) is 0 Å². The summed E-state index contributed by atoms with van der Waals surface area (Å²) in [6.07, 6.45) is -4.45. The van der Waals surface area contributed by atoms with Gasteiger partial charge in [0, 0.05) is 24.3 Å². The molecule has 30 heavy (non-hydrogen) atoms. The minimum atomic E-state index is -4.45. The summed E-state index contributed by atoms with van der Waals surface area (Å²) in [7, 11) is 1.82. The van der Waals surface area contributed by atoms with Gasteiger partial charge in [0.15, 0.2) is 0 Å². The summed E-state index contributed by atoms with van der Waals surface area (Å²) < 4.78 is 36.7. The molecule has 0 heterocycles. The van der Waals surface area contributed by atoms with Gasteiger partial charge < -0.3 is 10.2 Å². The second kappa shape index (κ2) is 10.2. The van der Waals surface area contributed by atoms with Gasteiger partial charge in [0.05, 0.1) is 6.04 Å². The molecule has 8 heteroatoms. The van der Waals surface area contributed by atoms with E-state index in [1.165, 1.54) is 12.1 Å². The van der Waals surface area contributed by atoms with Crippen LogP contribution in [-0.4, -0.2) is 49.1 Å². The van der Waals surface area contributed by atoms with Crippen molar-refractivity contribution < 1.29 is 22.8 Å². The molecule has 2 rings (SSSR count). The summed E-state index contributed by atoms with van der Waals surface area (Å²) in [5.74, 6) is -0.813. The van der Waals surface area contributed by atoms with Gasteiger partial charge in [-0.15, -0.1) is 0 Å². The van der Waals surface area contributed by atoms with Crippen LogP contribution >= 0.6 is 0 Å². The maximum Gasteiger partial charge on any atom is 0.405 e. The van der Waals surface area contributed by atoms with Gasteiger partial charge >= 0.3 is 6.18 Å². The Hall–Kier alpha value is -2.87. The Kier molecular flexibility index (Phi) is 8.00. The van der Waals surface area contributed by atoms with Crippen molar-refractivity contribution in [3.05, 3.63) is 65.7 Å². The first-order valence-corrected chi connectivity index (χ1v) is 9.63. The van der Waals surface area contributed by atoms with E-state index in [4.69, 9.17) is 0 Å². The van der Waals surface area contributed by atoms with Crippen molar-refractivity contribution in [2.24, 2.45) is 0 Å². The molecule has 1 unspecified atom stereocenters. The van der Waals surface area contributed by atoms with Crippen LogP contribution in [0, 0.1) is 0 Å². The monoisotopic (exact) mass is 421 g/mol. The third kappa shape index (κ3) is 6.59. The molecule has 0 aliphatic heterocycles. The van der Waals surface area contributed by atoms with Crippen LogP contribution in [0.4, 0.5) is 18.9 Å². The first kappa shape index (κ1) is 23.4. The molecular formula is C22H26F3N3O2. The lowest BCUT2D eigenvalue weighted by Crippen LogP contribution is -2.45. The number of carbonyl (C=O) groups is 2. The number of nitrogens with one attached hydrogen (secondary N) is 1. The molecule has 2 aromatic rings. The van der Waals surface area contributed by atoms with E-state index in [1.807, 2.05) is 61.4 Å². The smallest absolute Gasteiger partial charge is 0.343 e. The molecular weight excluding hydrogens is 395 g/mol. The zero-order chi connectivity index (χ0) is 22.3. The quantitative estimate of drug-likeness (QED) is 0.705. The average Bonchev–Trinajstić information content (AvgIpc) is 2.72. The highest BCUT2D eigenvalue weighted by atomic mass is 19.4. The van der Waals surface area contributed by atoms with Gasteiger partial charge in [0.25, 0.3) is 5.91 Å². The van der Waals surface area contributed by atoms with Crippen LogP contribution in [0.1, 0.15) is 29.8 Å². The molecule has 162 valence electrons. The average molecular weight is 421 g/mol. The maximum absolute atomic E-state index is 12.9. The Bertz CT molecular complexity index is 839. The Labute approximate surface area is 174 Å². The Morgan fingerprint density at radius 3 is 2.17 bits per heavy atom. The number of para-hydroxylation sites is 1. The van der Waals surface area contributed by atoms with Gasteiger partial charge in [-0.1, -0.05) is 30.3 Å². The highest BCUT2D eigenvalue weighted by Crippen LogP contribution is 2.17. The number of rotatable bonds is 8. The largest absolute Gasteiger partial charge is 0.405 e. The summed E-state index contributed by atoms with van der Waals surface area (Å²) in [5, 5.41) is 1.84. The van der Waals surface area contributed by atoms with Gasteiger partial charge in [0.1, 0.15) is 6.54 Å². The number of carbonyl (C=O) groups excluding carboxylic acids is 2. The molecule has 0 aliphatic carbocycles. The Balaban J connectivity index is 1.98. The zero-order valence-corrected chi connectivity index (χ0v) is 17.2. The fraction of sp³-hybridized carbons (Fsp3) is 0.364. The fourth-order valence-corrected chi connectivity index (χ4v) is 2.96. The van der Waals surface area contributed by atoms with Crippen molar-refractivity contribution in [1.82, 2.24) is 10.2 Å². The van der Waals surface area contributed by atoms with Gasteiger partial charge in [-0.25, -0.2) is 0 Å². The predicted octanol–water partition coefficient (Wildman–Crippen LogP) is 3.85. The minimum absolute atomic E-state index is 0.0330. The molecule has 0 aliphatic rings. The molecule has 5 nitrogen and oxygen atoms in total. The van der Waals surface area contributed by atoms with E-state index in [0.29, 0.717) is 13.1 Å². The number of likely N-dealkylation sites (N-methyl/N-ethyl adjacent to an activating group) is 2. The Morgan fingerprint density at radius 2 is 1.63 bits per heavy atom. The van der Waals surface area contributed by atoms with E-state index in [9.17, 15) is 22.8 Å². The third-order valence-electron chi connectivity index (χ3n) is 4.77. The van der Waals surface area contributed by atoms with Gasteiger partial charge in [-0.2, -0.15) is 13.2 Å². The molecule has 0 fully saturated rings. The molecule has 1 atom stereocenters. The molecule has 0 bridgehead atoms. The minimum Gasteiger partial charge on any atom is -0.343 e.